The number of carbonyl (C=O) groups excluding carboxylic acids is 1. The zero-order valence-electron chi connectivity index (χ0n) is 13.4. The third-order valence-corrected chi connectivity index (χ3v) is 4.00. The quantitative estimate of drug-likeness (QED) is 0.496. The minimum atomic E-state index is -0.239. The Kier molecular flexibility index (Phi) is 7.16. The van der Waals surface area contributed by atoms with E-state index in [4.69, 9.17) is 27.9 Å². The van der Waals surface area contributed by atoms with Gasteiger partial charge in [-0.3, -0.25) is 4.79 Å². The lowest BCUT2D eigenvalue weighted by molar-refractivity contribution is -0.111. The van der Waals surface area contributed by atoms with E-state index >= 15 is 0 Å². The first-order chi connectivity index (χ1) is 11.6. The lowest BCUT2D eigenvalue weighted by Gasteiger charge is -2.05. The molecule has 24 heavy (non-hydrogen) atoms. The molecule has 0 radical (unpaired) electrons. The summed E-state index contributed by atoms with van der Waals surface area (Å²) in [5.74, 6) is 0.595. The van der Waals surface area contributed by atoms with Crippen molar-refractivity contribution in [1.29, 1.82) is 0 Å². The number of unbranched alkanes of at least 4 members (excludes halogenated alkanes) is 1. The second-order valence-electron chi connectivity index (χ2n) is 5.22. The van der Waals surface area contributed by atoms with E-state index < -0.39 is 0 Å². The molecule has 0 spiro atoms. The number of rotatable bonds is 7. The molecule has 0 aromatic heterocycles. The largest absolute Gasteiger partial charge is 0.494 e. The molecular formula is C19H19Cl2NO2. The van der Waals surface area contributed by atoms with Gasteiger partial charge >= 0.3 is 0 Å². The van der Waals surface area contributed by atoms with Crippen LogP contribution in [0.15, 0.2) is 48.5 Å². The van der Waals surface area contributed by atoms with Crippen LogP contribution in [0.5, 0.6) is 5.75 Å². The van der Waals surface area contributed by atoms with Gasteiger partial charge in [-0.2, -0.15) is 0 Å². The molecule has 2 aromatic rings. The fraction of sp³-hybridized carbons (Fsp3) is 0.211. The van der Waals surface area contributed by atoms with Crippen molar-refractivity contribution in [3.8, 4) is 5.75 Å². The number of amides is 1. The number of hydrogen-bond acceptors (Lipinski definition) is 2. The van der Waals surface area contributed by atoms with Crippen LogP contribution < -0.4 is 10.1 Å². The minimum Gasteiger partial charge on any atom is -0.494 e. The van der Waals surface area contributed by atoms with Gasteiger partial charge < -0.3 is 10.1 Å². The average Bonchev–Trinajstić information content (AvgIpc) is 2.58. The number of ether oxygens (including phenoxy) is 1. The fourth-order valence-corrected chi connectivity index (χ4v) is 2.24. The molecule has 126 valence electrons. The van der Waals surface area contributed by atoms with Gasteiger partial charge in [0.15, 0.2) is 0 Å². The Hall–Kier alpha value is -1.97. The van der Waals surface area contributed by atoms with E-state index in [0.717, 1.165) is 30.8 Å². The molecule has 0 aliphatic heterocycles. The van der Waals surface area contributed by atoms with Crippen LogP contribution in [0.2, 0.25) is 10.0 Å². The molecule has 2 rings (SSSR count). The molecular weight excluding hydrogens is 345 g/mol. The SMILES string of the molecule is CCCCOc1ccc(C=CC(=O)Nc2ccc(Cl)c(Cl)c2)cc1. The molecule has 0 fully saturated rings. The van der Waals surface area contributed by atoms with Crippen molar-refractivity contribution in [2.45, 2.75) is 19.8 Å². The van der Waals surface area contributed by atoms with E-state index in [2.05, 4.69) is 12.2 Å². The summed E-state index contributed by atoms with van der Waals surface area (Å²) in [5.41, 5.74) is 1.51. The summed E-state index contributed by atoms with van der Waals surface area (Å²) in [4.78, 5) is 11.9. The van der Waals surface area contributed by atoms with Crippen molar-refractivity contribution in [3.63, 3.8) is 0 Å². The molecule has 0 aliphatic rings. The minimum absolute atomic E-state index is 0.239. The standard InChI is InChI=1S/C19H19Cl2NO2/c1-2-3-12-24-16-8-4-14(5-9-16)6-11-19(23)22-15-7-10-17(20)18(21)13-15/h4-11,13H,2-3,12H2,1H3,(H,22,23). The first kappa shape index (κ1) is 18.4. The van der Waals surface area contributed by atoms with Crippen molar-refractivity contribution in [3.05, 3.63) is 64.1 Å². The summed E-state index contributed by atoms with van der Waals surface area (Å²) in [5, 5.41) is 3.58. The monoisotopic (exact) mass is 363 g/mol. The molecule has 0 atom stereocenters. The Balaban J connectivity index is 1.89. The van der Waals surface area contributed by atoms with Crippen molar-refractivity contribution in [1.82, 2.24) is 0 Å². The Morgan fingerprint density at radius 3 is 2.54 bits per heavy atom. The van der Waals surface area contributed by atoms with Gasteiger partial charge in [0.2, 0.25) is 5.91 Å². The van der Waals surface area contributed by atoms with E-state index in [1.165, 1.54) is 6.08 Å². The van der Waals surface area contributed by atoms with Gasteiger partial charge in [0, 0.05) is 11.8 Å². The third-order valence-electron chi connectivity index (χ3n) is 3.26. The maximum atomic E-state index is 11.9. The fourth-order valence-electron chi connectivity index (χ4n) is 1.94. The average molecular weight is 364 g/mol. The van der Waals surface area contributed by atoms with Crippen LogP contribution in [-0.2, 0) is 4.79 Å². The second-order valence-corrected chi connectivity index (χ2v) is 6.04. The van der Waals surface area contributed by atoms with E-state index in [1.54, 1.807) is 24.3 Å². The van der Waals surface area contributed by atoms with Crippen LogP contribution in [0, 0.1) is 0 Å². The van der Waals surface area contributed by atoms with E-state index in [-0.39, 0.29) is 5.91 Å². The van der Waals surface area contributed by atoms with Crippen LogP contribution in [0.4, 0.5) is 5.69 Å². The van der Waals surface area contributed by atoms with E-state index in [0.29, 0.717) is 15.7 Å². The van der Waals surface area contributed by atoms with Crippen LogP contribution in [0.3, 0.4) is 0 Å². The molecule has 0 heterocycles. The molecule has 0 bridgehead atoms. The number of hydrogen-bond donors (Lipinski definition) is 1. The predicted octanol–water partition coefficient (Wildman–Crippen LogP) is 5.82. The number of carbonyl (C=O) groups is 1. The first-order valence-electron chi connectivity index (χ1n) is 7.75. The number of halogens is 2. The highest BCUT2D eigenvalue weighted by atomic mass is 35.5. The maximum Gasteiger partial charge on any atom is 0.248 e. The molecule has 5 heteroatoms. The van der Waals surface area contributed by atoms with Crippen LogP contribution >= 0.6 is 23.2 Å². The summed E-state index contributed by atoms with van der Waals surface area (Å²) in [7, 11) is 0. The van der Waals surface area contributed by atoms with Gasteiger partial charge in [-0.05, 0) is 48.4 Å². The summed E-state index contributed by atoms with van der Waals surface area (Å²) in [6.45, 7) is 2.85. The van der Waals surface area contributed by atoms with Crippen molar-refractivity contribution in [2.24, 2.45) is 0 Å². The second kappa shape index (κ2) is 9.36. The Morgan fingerprint density at radius 2 is 1.88 bits per heavy atom. The molecule has 0 saturated carbocycles. The molecule has 0 unspecified atom stereocenters. The highest BCUT2D eigenvalue weighted by Crippen LogP contribution is 2.25. The van der Waals surface area contributed by atoms with Crippen molar-refractivity contribution in [2.75, 3.05) is 11.9 Å². The van der Waals surface area contributed by atoms with Gasteiger partial charge in [-0.25, -0.2) is 0 Å². The summed E-state index contributed by atoms with van der Waals surface area (Å²) in [6, 6.07) is 12.5. The smallest absolute Gasteiger partial charge is 0.248 e. The van der Waals surface area contributed by atoms with Crippen LogP contribution in [-0.4, -0.2) is 12.5 Å². The predicted molar refractivity (Wildman–Crippen MR) is 101 cm³/mol. The first-order valence-corrected chi connectivity index (χ1v) is 8.51. The highest BCUT2D eigenvalue weighted by molar-refractivity contribution is 6.42. The number of nitrogens with one attached hydrogen (secondary N) is 1. The van der Waals surface area contributed by atoms with Gasteiger partial charge in [-0.1, -0.05) is 48.7 Å². The molecule has 0 aliphatic carbocycles. The lowest BCUT2D eigenvalue weighted by atomic mass is 10.2. The summed E-state index contributed by atoms with van der Waals surface area (Å²) >= 11 is 11.8. The molecule has 1 N–H and O–H groups in total. The zero-order chi connectivity index (χ0) is 17.4. The highest BCUT2D eigenvalue weighted by Gasteiger charge is 2.02. The van der Waals surface area contributed by atoms with E-state index in [9.17, 15) is 4.79 Å². The topological polar surface area (TPSA) is 38.3 Å². The van der Waals surface area contributed by atoms with Crippen molar-refractivity contribution < 1.29 is 9.53 Å². The molecule has 0 saturated heterocycles. The normalized spacial score (nSPS) is 10.8. The molecule has 1 amide bonds. The summed E-state index contributed by atoms with van der Waals surface area (Å²) < 4.78 is 5.60. The Bertz CT molecular complexity index is 712. The van der Waals surface area contributed by atoms with Gasteiger partial charge in [0.25, 0.3) is 0 Å². The van der Waals surface area contributed by atoms with E-state index in [1.807, 2.05) is 24.3 Å². The Labute approximate surface area is 152 Å². The maximum absolute atomic E-state index is 11.9. The zero-order valence-corrected chi connectivity index (χ0v) is 14.9. The van der Waals surface area contributed by atoms with Gasteiger partial charge in [-0.15, -0.1) is 0 Å². The van der Waals surface area contributed by atoms with Crippen molar-refractivity contribution >= 4 is 40.9 Å². The molecule has 2 aromatic carbocycles. The van der Waals surface area contributed by atoms with Crippen LogP contribution in [0.25, 0.3) is 6.08 Å². The lowest BCUT2D eigenvalue weighted by Crippen LogP contribution is -2.07. The third kappa shape index (κ3) is 5.91. The number of benzene rings is 2. The summed E-state index contributed by atoms with van der Waals surface area (Å²) in [6.07, 6.45) is 5.35. The molecule has 3 nitrogen and oxygen atoms in total. The van der Waals surface area contributed by atoms with Gasteiger partial charge in [0.1, 0.15) is 5.75 Å². The Morgan fingerprint density at radius 1 is 1.12 bits per heavy atom. The van der Waals surface area contributed by atoms with Gasteiger partial charge in [0.05, 0.1) is 16.7 Å². The number of anilines is 1. The van der Waals surface area contributed by atoms with Crippen LogP contribution in [0.1, 0.15) is 25.3 Å².